The number of nitrogens with zero attached hydrogens (tertiary/aromatic N) is 3. The van der Waals surface area contributed by atoms with Crippen molar-refractivity contribution in [2.24, 2.45) is 0 Å². The summed E-state index contributed by atoms with van der Waals surface area (Å²) in [5.74, 6) is 0. The molecule has 0 atom stereocenters. The smallest absolute Gasteiger partial charge is 0.304 e. The average Bonchev–Trinajstić information content (AvgIpc) is 3.40. The number of pyridine rings is 3. The number of hydrogen-bond acceptors (Lipinski definition) is 3. The molecule has 0 saturated carbocycles. The van der Waals surface area contributed by atoms with Gasteiger partial charge in [-0.2, -0.15) is 0 Å². The maximum Gasteiger partial charge on any atom is 3.00 e. The van der Waals surface area contributed by atoms with Crippen molar-refractivity contribution >= 4 is 0 Å². The van der Waals surface area contributed by atoms with Crippen molar-refractivity contribution in [1.29, 1.82) is 0 Å². The van der Waals surface area contributed by atoms with E-state index >= 15 is 0 Å². The van der Waals surface area contributed by atoms with Crippen LogP contribution in [0.3, 0.4) is 0 Å². The Bertz CT molecular complexity index is 3300. The van der Waals surface area contributed by atoms with Crippen LogP contribution < -0.4 is 0 Å². The minimum Gasteiger partial charge on any atom is -0.304 e. The maximum absolute atomic E-state index is 5.22. The quantitative estimate of drug-likeness (QED) is 0.108. The molecule has 0 fully saturated rings. The summed E-state index contributed by atoms with van der Waals surface area (Å²) in [6.07, 6.45) is 9.71. The average molecular weight is 1100 g/mol. The van der Waals surface area contributed by atoms with Gasteiger partial charge in [0.15, 0.2) is 0 Å². The molecule has 0 radical (unpaired) electrons. The first-order chi connectivity index (χ1) is 34.1. The Labute approximate surface area is 434 Å². The van der Waals surface area contributed by atoms with Crippen molar-refractivity contribution in [3.05, 3.63) is 258 Å². The van der Waals surface area contributed by atoms with Gasteiger partial charge in [-0.3, -0.25) is 0 Å². The summed E-state index contributed by atoms with van der Waals surface area (Å²) in [7, 11) is 0. The van der Waals surface area contributed by atoms with Gasteiger partial charge in [-0.25, -0.2) is 0 Å². The van der Waals surface area contributed by atoms with Gasteiger partial charge in [0.1, 0.15) is 0 Å². The van der Waals surface area contributed by atoms with Gasteiger partial charge in [0.2, 0.25) is 0 Å². The first-order valence-electron chi connectivity index (χ1n) is 24.4. The van der Waals surface area contributed by atoms with E-state index < -0.39 is 0 Å². The zero-order valence-electron chi connectivity index (χ0n) is 41.1. The number of aromatic nitrogens is 3. The third-order valence-corrected chi connectivity index (χ3v) is 13.5. The standard InChI is InChI=1S/C67H56N3.Ir/c1-46-36-64(53-20-11-7-12-21-53)68-43-56(46)30-28-48-38-49(29-31-57-44-69-65(37-47(57)2)54-22-13-8-14-23-54)40-58(39-48)60-26-15-16-27-61(60)63-45-70-66(55-24-17-25-59(41-55)67(3,4)5)42-62(63)52-34-32-51(33-35-52)50-18-9-6-10-19-50;/h6-20,22,25-27,32-45H,28-31H2,1-5H3;/q-3;+3. The second kappa shape index (κ2) is 21.7. The summed E-state index contributed by atoms with van der Waals surface area (Å²) in [6.45, 7) is 11.1. The third kappa shape index (κ3) is 11.3. The Morgan fingerprint density at radius 2 is 0.887 bits per heavy atom. The van der Waals surface area contributed by atoms with Crippen molar-refractivity contribution in [3.63, 3.8) is 0 Å². The van der Waals surface area contributed by atoms with Gasteiger partial charge in [0.05, 0.1) is 0 Å². The van der Waals surface area contributed by atoms with Gasteiger partial charge >= 0.3 is 20.1 Å². The van der Waals surface area contributed by atoms with E-state index in [2.05, 4.69) is 211 Å². The fraction of sp³-hybridized carbons (Fsp3) is 0.149. The van der Waals surface area contributed by atoms with Gasteiger partial charge in [-0.15, -0.1) is 107 Å². The molecule has 0 bridgehead atoms. The summed E-state index contributed by atoms with van der Waals surface area (Å²) in [4.78, 5) is 15.0. The second-order valence-corrected chi connectivity index (χ2v) is 19.4. The molecule has 0 N–H and O–H groups in total. The molecule has 10 aromatic rings. The van der Waals surface area contributed by atoms with Crippen LogP contribution in [0.1, 0.15) is 59.7 Å². The topological polar surface area (TPSA) is 38.7 Å². The van der Waals surface area contributed by atoms with Crippen molar-refractivity contribution in [1.82, 2.24) is 15.0 Å². The van der Waals surface area contributed by atoms with Crippen LogP contribution in [0.2, 0.25) is 0 Å². The molecule has 10 rings (SSSR count). The molecule has 3 nitrogen and oxygen atoms in total. The zero-order chi connectivity index (χ0) is 48.0. The van der Waals surface area contributed by atoms with E-state index in [1.807, 2.05) is 42.5 Å². The number of aryl methyl sites for hydroxylation is 6. The normalized spacial score (nSPS) is 11.3. The van der Waals surface area contributed by atoms with Gasteiger partial charge < -0.3 is 15.0 Å². The molecule has 0 aliphatic rings. The maximum atomic E-state index is 5.22. The molecule has 7 aromatic carbocycles. The van der Waals surface area contributed by atoms with Crippen LogP contribution in [-0.2, 0) is 51.2 Å². The number of benzene rings is 7. The minimum absolute atomic E-state index is 0. The summed E-state index contributed by atoms with van der Waals surface area (Å²) >= 11 is 0. The van der Waals surface area contributed by atoms with Crippen molar-refractivity contribution < 1.29 is 20.1 Å². The van der Waals surface area contributed by atoms with Crippen molar-refractivity contribution in [3.8, 4) is 78.3 Å². The van der Waals surface area contributed by atoms with E-state index in [0.29, 0.717) is 0 Å². The molecule has 0 amide bonds. The predicted molar refractivity (Wildman–Crippen MR) is 290 cm³/mol. The van der Waals surface area contributed by atoms with E-state index in [1.165, 1.54) is 61.2 Å². The fourth-order valence-electron chi connectivity index (χ4n) is 9.44. The Morgan fingerprint density at radius 1 is 0.380 bits per heavy atom. The largest absolute Gasteiger partial charge is 3.00 e. The van der Waals surface area contributed by atoms with Gasteiger partial charge in [0, 0.05) is 24.2 Å². The SMILES string of the molecule is Cc1cc(-c2[c-]cccc2)ncc1CCc1cc(CCc2cnc(-c3[c-]cccc3)cc2C)cc(-c2ccccc2-c2cnc(-c3[c-]ccc(C(C)(C)C)c3)cc2-c2ccc(-c3ccccc3)cc2)c1.[Ir+3]. The first kappa shape index (κ1) is 48.7. The van der Waals surface area contributed by atoms with E-state index in [4.69, 9.17) is 15.0 Å². The molecule has 0 unspecified atom stereocenters. The summed E-state index contributed by atoms with van der Waals surface area (Å²) < 4.78 is 0. The fourth-order valence-corrected chi connectivity index (χ4v) is 9.44. The van der Waals surface area contributed by atoms with E-state index in [9.17, 15) is 0 Å². The van der Waals surface area contributed by atoms with Crippen molar-refractivity contribution in [2.45, 2.75) is 65.7 Å². The first-order valence-corrected chi connectivity index (χ1v) is 24.4. The molecule has 4 heteroatoms. The Morgan fingerprint density at radius 3 is 1.45 bits per heavy atom. The molecule has 0 saturated heterocycles. The monoisotopic (exact) mass is 1100 g/mol. The van der Waals surface area contributed by atoms with Crippen LogP contribution in [0.25, 0.3) is 78.3 Å². The summed E-state index contributed by atoms with van der Waals surface area (Å²) in [5, 5.41) is 0. The molecule has 0 aliphatic carbocycles. The van der Waals surface area contributed by atoms with Crippen LogP contribution in [-0.4, -0.2) is 15.0 Å². The third-order valence-electron chi connectivity index (χ3n) is 13.5. The van der Waals surface area contributed by atoms with Gasteiger partial charge in [-0.05, 0) is 123 Å². The predicted octanol–water partition coefficient (Wildman–Crippen LogP) is 16.4. The molecule has 3 aromatic heterocycles. The van der Waals surface area contributed by atoms with Crippen LogP contribution in [0.15, 0.2) is 201 Å². The summed E-state index contributed by atoms with van der Waals surface area (Å²) in [6, 6.07) is 75.0. The van der Waals surface area contributed by atoms with Crippen LogP contribution >= 0.6 is 0 Å². The van der Waals surface area contributed by atoms with Crippen molar-refractivity contribution in [2.75, 3.05) is 0 Å². The van der Waals surface area contributed by atoms with Gasteiger partial charge in [0.25, 0.3) is 0 Å². The molecule has 71 heavy (non-hydrogen) atoms. The number of hydrogen-bond donors (Lipinski definition) is 0. The Hall–Kier alpha value is -7.36. The molecule has 0 aliphatic heterocycles. The molecular formula is C67H56IrN3. The molecule has 3 heterocycles. The Balaban J connectivity index is 0.00000624. The Kier molecular flexibility index (Phi) is 14.9. The van der Waals surface area contributed by atoms with E-state index in [1.54, 1.807) is 0 Å². The molecule has 348 valence electrons. The van der Waals surface area contributed by atoms with Crippen LogP contribution in [0.5, 0.6) is 0 Å². The van der Waals surface area contributed by atoms with E-state index in [-0.39, 0.29) is 25.5 Å². The summed E-state index contributed by atoms with van der Waals surface area (Å²) in [5.41, 5.74) is 23.9. The van der Waals surface area contributed by atoms with Gasteiger partial charge in [-0.1, -0.05) is 147 Å². The number of rotatable bonds is 13. The molecule has 0 spiro atoms. The van der Waals surface area contributed by atoms with E-state index in [0.717, 1.165) is 81.7 Å². The second-order valence-electron chi connectivity index (χ2n) is 19.4. The molecular weight excluding hydrogens is 1040 g/mol. The van der Waals surface area contributed by atoms with Crippen LogP contribution in [0.4, 0.5) is 0 Å². The van der Waals surface area contributed by atoms with Crippen LogP contribution in [0, 0.1) is 32.0 Å². The zero-order valence-corrected chi connectivity index (χ0v) is 43.5. The minimum atomic E-state index is -0.00460.